The molecule has 1 atom stereocenters. The van der Waals surface area contributed by atoms with Crippen LogP contribution in [0.25, 0.3) is 0 Å². The molecule has 4 rings (SSSR count). The van der Waals surface area contributed by atoms with Gasteiger partial charge in [0.1, 0.15) is 5.54 Å². The summed E-state index contributed by atoms with van der Waals surface area (Å²) < 4.78 is 0. The number of nitrogens with zero attached hydrogens (tertiary/aromatic N) is 1. The van der Waals surface area contributed by atoms with Gasteiger partial charge in [0.25, 0.3) is 5.91 Å². The van der Waals surface area contributed by atoms with Crippen LogP contribution in [0.3, 0.4) is 0 Å². The quantitative estimate of drug-likeness (QED) is 0.498. The van der Waals surface area contributed by atoms with Gasteiger partial charge in [0.15, 0.2) is 0 Å². The first-order valence-electron chi connectivity index (χ1n) is 11.3. The number of benzene rings is 3. The molecule has 33 heavy (non-hydrogen) atoms. The second-order valence-corrected chi connectivity index (χ2v) is 8.52. The molecule has 170 valence electrons. The fraction of sp³-hybridized carbons (Fsp3) is 0.259. The highest BCUT2D eigenvalue weighted by Gasteiger charge is 2.35. The van der Waals surface area contributed by atoms with E-state index in [-0.39, 0.29) is 11.8 Å². The summed E-state index contributed by atoms with van der Waals surface area (Å²) in [6.45, 7) is 3.03. The molecule has 0 aromatic heterocycles. The highest BCUT2D eigenvalue weighted by Crippen LogP contribution is 2.29. The minimum atomic E-state index is -1.02. The Hall–Kier alpha value is -3.64. The Morgan fingerprint density at radius 3 is 2.42 bits per heavy atom. The molecule has 1 fully saturated rings. The zero-order valence-corrected chi connectivity index (χ0v) is 18.9. The second kappa shape index (κ2) is 9.88. The van der Waals surface area contributed by atoms with Crippen molar-refractivity contribution < 1.29 is 9.59 Å². The van der Waals surface area contributed by atoms with Gasteiger partial charge >= 0.3 is 0 Å². The Bertz CT molecular complexity index is 1110. The van der Waals surface area contributed by atoms with Crippen molar-refractivity contribution in [1.82, 2.24) is 0 Å². The van der Waals surface area contributed by atoms with Gasteiger partial charge in [0.05, 0.1) is 0 Å². The average molecular weight is 443 g/mol. The summed E-state index contributed by atoms with van der Waals surface area (Å²) in [5.74, 6) is -0.0350. The molecule has 0 saturated carbocycles. The summed E-state index contributed by atoms with van der Waals surface area (Å²) in [6, 6.07) is 24.9. The number of hydrogen-bond acceptors (Lipinski definition) is 4. The summed E-state index contributed by atoms with van der Waals surface area (Å²) in [4.78, 5) is 27.6. The molecule has 6 heteroatoms. The van der Waals surface area contributed by atoms with Crippen molar-refractivity contribution >= 4 is 28.9 Å². The molecule has 2 amide bonds. The van der Waals surface area contributed by atoms with Crippen LogP contribution in [0.5, 0.6) is 0 Å². The number of nitrogens with one attached hydrogen (secondary N) is 2. The molecule has 0 aliphatic carbocycles. The van der Waals surface area contributed by atoms with Gasteiger partial charge in [-0.2, -0.15) is 0 Å². The first kappa shape index (κ1) is 22.6. The topological polar surface area (TPSA) is 87.5 Å². The van der Waals surface area contributed by atoms with Crippen molar-refractivity contribution in [2.75, 3.05) is 22.1 Å². The Balaban J connectivity index is 1.57. The Labute approximate surface area is 194 Å². The smallest absolute Gasteiger partial charge is 0.254 e. The normalized spacial score (nSPS) is 15.6. The van der Waals surface area contributed by atoms with E-state index in [9.17, 15) is 9.59 Å². The maximum absolute atomic E-state index is 13.6. The summed E-state index contributed by atoms with van der Waals surface area (Å²) in [7, 11) is 0. The third-order valence-electron chi connectivity index (χ3n) is 6.12. The van der Waals surface area contributed by atoms with Gasteiger partial charge in [0, 0.05) is 36.6 Å². The maximum Gasteiger partial charge on any atom is 0.254 e. The fourth-order valence-corrected chi connectivity index (χ4v) is 4.16. The number of carbonyl (C=O) groups excluding carboxylic acids is 2. The second-order valence-electron chi connectivity index (χ2n) is 8.52. The summed E-state index contributed by atoms with van der Waals surface area (Å²) >= 11 is 0. The molecule has 3 aromatic rings. The van der Waals surface area contributed by atoms with Gasteiger partial charge in [0.2, 0.25) is 5.91 Å². The number of piperidine rings is 1. The first-order valence-corrected chi connectivity index (χ1v) is 11.3. The van der Waals surface area contributed by atoms with Crippen LogP contribution in [0.2, 0.25) is 0 Å². The van der Waals surface area contributed by atoms with E-state index < -0.39 is 5.54 Å². The molecular weight excluding hydrogens is 412 g/mol. The number of hydrogen-bond donors (Lipinski definition) is 3. The molecule has 0 radical (unpaired) electrons. The van der Waals surface area contributed by atoms with E-state index in [0.717, 1.165) is 41.9 Å². The molecule has 1 aliphatic rings. The molecule has 6 nitrogen and oxygen atoms in total. The molecule has 1 unspecified atom stereocenters. The minimum absolute atomic E-state index is 0.151. The number of rotatable bonds is 7. The Morgan fingerprint density at radius 1 is 0.970 bits per heavy atom. The Morgan fingerprint density at radius 2 is 1.73 bits per heavy atom. The lowest BCUT2D eigenvalue weighted by atomic mass is 9.90. The molecule has 1 heterocycles. The molecule has 0 spiro atoms. The molecule has 3 aromatic carbocycles. The lowest BCUT2D eigenvalue weighted by Gasteiger charge is -2.31. The van der Waals surface area contributed by atoms with Crippen LogP contribution in [0.15, 0.2) is 78.9 Å². The lowest BCUT2D eigenvalue weighted by Crippen LogP contribution is -2.44. The molecule has 0 bridgehead atoms. The van der Waals surface area contributed by atoms with Crippen LogP contribution < -0.4 is 21.3 Å². The van der Waals surface area contributed by atoms with Crippen molar-refractivity contribution in [3.8, 4) is 0 Å². The van der Waals surface area contributed by atoms with Crippen molar-refractivity contribution in [2.45, 2.75) is 38.3 Å². The van der Waals surface area contributed by atoms with Crippen molar-refractivity contribution in [2.24, 2.45) is 5.73 Å². The summed E-state index contributed by atoms with van der Waals surface area (Å²) in [6.07, 6.45) is 2.55. The zero-order chi connectivity index (χ0) is 23.3. The van der Waals surface area contributed by atoms with Crippen LogP contribution in [0.4, 0.5) is 17.1 Å². The van der Waals surface area contributed by atoms with Crippen LogP contribution in [0, 0.1) is 0 Å². The van der Waals surface area contributed by atoms with Crippen LogP contribution in [-0.2, 0) is 21.7 Å². The largest absolute Gasteiger partial charge is 0.368 e. The van der Waals surface area contributed by atoms with E-state index in [2.05, 4.69) is 10.6 Å². The van der Waals surface area contributed by atoms with Gasteiger partial charge in [-0.1, -0.05) is 42.5 Å². The minimum Gasteiger partial charge on any atom is -0.368 e. The molecule has 4 N–H and O–H groups in total. The van der Waals surface area contributed by atoms with E-state index in [4.69, 9.17) is 5.73 Å². The Kier molecular flexibility index (Phi) is 6.75. The first-order chi connectivity index (χ1) is 16.0. The molecule has 1 saturated heterocycles. The van der Waals surface area contributed by atoms with Crippen molar-refractivity contribution in [3.63, 3.8) is 0 Å². The van der Waals surface area contributed by atoms with Gasteiger partial charge in [-0.15, -0.1) is 0 Å². The maximum atomic E-state index is 13.6. The van der Waals surface area contributed by atoms with Crippen LogP contribution in [0.1, 0.15) is 37.3 Å². The predicted octanol–water partition coefficient (Wildman–Crippen LogP) is 4.63. The van der Waals surface area contributed by atoms with E-state index in [1.54, 1.807) is 0 Å². The van der Waals surface area contributed by atoms with Gasteiger partial charge in [-0.05, 0) is 67.3 Å². The molecule has 1 aliphatic heterocycles. The predicted molar refractivity (Wildman–Crippen MR) is 133 cm³/mol. The third-order valence-corrected chi connectivity index (χ3v) is 6.12. The zero-order valence-electron chi connectivity index (χ0n) is 18.9. The van der Waals surface area contributed by atoms with Gasteiger partial charge in [-0.3, -0.25) is 9.59 Å². The van der Waals surface area contributed by atoms with Gasteiger partial charge in [-0.25, -0.2) is 0 Å². The SMILES string of the molecule is CC(Nc1cccc(CN)c1)(C(=O)Nc1ccc(N2CCCCC2=O)cc1)c1ccccc1. The number of carbonyl (C=O) groups is 2. The van der Waals surface area contributed by atoms with Crippen LogP contribution >= 0.6 is 0 Å². The van der Waals surface area contributed by atoms with E-state index >= 15 is 0 Å². The number of anilines is 3. The fourth-order valence-electron chi connectivity index (χ4n) is 4.16. The van der Waals surface area contributed by atoms with Crippen molar-refractivity contribution in [3.05, 3.63) is 90.0 Å². The highest BCUT2D eigenvalue weighted by atomic mass is 16.2. The van der Waals surface area contributed by atoms with Gasteiger partial charge < -0.3 is 21.3 Å². The van der Waals surface area contributed by atoms with E-state index in [0.29, 0.717) is 18.7 Å². The van der Waals surface area contributed by atoms with Crippen molar-refractivity contribution in [1.29, 1.82) is 0 Å². The summed E-state index contributed by atoms with van der Waals surface area (Å²) in [5.41, 5.74) is 8.96. The third kappa shape index (κ3) is 5.07. The van der Waals surface area contributed by atoms with Crippen LogP contribution in [-0.4, -0.2) is 18.4 Å². The highest BCUT2D eigenvalue weighted by molar-refractivity contribution is 6.01. The van der Waals surface area contributed by atoms with E-state index in [1.807, 2.05) is 90.7 Å². The number of amides is 2. The standard InChI is InChI=1S/C27H30N4O2/c1-27(21-9-3-2-4-10-21,30-23-11-7-8-20(18-23)19-28)26(33)29-22-13-15-24(16-14-22)31-17-6-5-12-25(31)32/h2-4,7-11,13-16,18,30H,5-6,12,17,19,28H2,1H3,(H,29,33). The number of nitrogens with two attached hydrogens (primary N) is 1. The molecular formula is C27H30N4O2. The monoisotopic (exact) mass is 442 g/mol. The van der Waals surface area contributed by atoms with E-state index in [1.165, 1.54) is 0 Å². The average Bonchev–Trinajstić information content (AvgIpc) is 2.85. The lowest BCUT2D eigenvalue weighted by molar-refractivity contribution is -0.120. The summed E-state index contributed by atoms with van der Waals surface area (Å²) in [5, 5.41) is 6.46.